The Morgan fingerprint density at radius 3 is 2.62 bits per heavy atom. The molecule has 2 N–H and O–H groups in total. The molecule has 3 amide bonds. The van der Waals surface area contributed by atoms with E-state index in [4.69, 9.17) is 4.74 Å². The Balaban J connectivity index is 1.88. The standard InChI is InChI=1S/C19H25N3O6S/c1-10(2)17-19(25)20-13-8-11(3)16(9-15(13)28-17)29(26,27)21-18(24)14-6-5-7-22(14)12(4)23/h8-10,14,17H,5-7H2,1-4H3,(H,20,25)(H,21,24)/t14-,17-/m0/s1. The maximum absolute atomic E-state index is 12.9. The van der Waals surface area contributed by atoms with E-state index < -0.39 is 28.1 Å². The van der Waals surface area contributed by atoms with Gasteiger partial charge in [-0.05, 0) is 37.3 Å². The average molecular weight is 423 g/mol. The molecule has 10 heteroatoms. The van der Waals surface area contributed by atoms with Crippen LogP contribution in [0.2, 0.25) is 0 Å². The number of amides is 3. The number of aryl methyl sites for hydroxylation is 1. The van der Waals surface area contributed by atoms with Gasteiger partial charge in [0.25, 0.3) is 21.8 Å². The highest BCUT2D eigenvalue weighted by Gasteiger charge is 2.36. The third-order valence-electron chi connectivity index (χ3n) is 5.14. The van der Waals surface area contributed by atoms with Crippen molar-refractivity contribution in [2.45, 2.75) is 57.6 Å². The minimum absolute atomic E-state index is 0.107. The Morgan fingerprint density at radius 2 is 2.00 bits per heavy atom. The molecular formula is C19H25N3O6S. The third-order valence-corrected chi connectivity index (χ3v) is 6.63. The monoisotopic (exact) mass is 423 g/mol. The quantitative estimate of drug-likeness (QED) is 0.750. The smallest absolute Gasteiger partial charge is 0.265 e. The molecule has 0 saturated carbocycles. The number of hydrogen-bond acceptors (Lipinski definition) is 6. The van der Waals surface area contributed by atoms with E-state index in [0.29, 0.717) is 30.6 Å². The van der Waals surface area contributed by atoms with Crippen molar-refractivity contribution in [3.8, 4) is 5.75 Å². The molecule has 3 rings (SSSR count). The van der Waals surface area contributed by atoms with Crippen LogP contribution in [0, 0.1) is 12.8 Å². The van der Waals surface area contributed by atoms with Crippen LogP contribution in [0.15, 0.2) is 17.0 Å². The Morgan fingerprint density at radius 1 is 1.31 bits per heavy atom. The molecular weight excluding hydrogens is 398 g/mol. The molecule has 2 aliphatic heterocycles. The van der Waals surface area contributed by atoms with Crippen molar-refractivity contribution in [3.63, 3.8) is 0 Å². The summed E-state index contributed by atoms with van der Waals surface area (Å²) in [4.78, 5) is 37.6. The molecule has 0 radical (unpaired) electrons. The number of sulfonamides is 1. The summed E-state index contributed by atoms with van der Waals surface area (Å²) < 4.78 is 33.6. The van der Waals surface area contributed by atoms with Gasteiger partial charge in [-0.1, -0.05) is 13.8 Å². The fourth-order valence-electron chi connectivity index (χ4n) is 3.66. The number of fused-ring (bicyclic) bond motifs is 1. The van der Waals surface area contributed by atoms with E-state index in [1.54, 1.807) is 6.92 Å². The van der Waals surface area contributed by atoms with E-state index in [9.17, 15) is 22.8 Å². The number of anilines is 1. The zero-order chi connectivity index (χ0) is 21.5. The van der Waals surface area contributed by atoms with Crippen molar-refractivity contribution in [2.24, 2.45) is 5.92 Å². The zero-order valence-electron chi connectivity index (χ0n) is 16.8. The van der Waals surface area contributed by atoms with Crippen LogP contribution >= 0.6 is 0 Å². The molecule has 158 valence electrons. The second-order valence-corrected chi connectivity index (χ2v) is 9.38. The lowest BCUT2D eigenvalue weighted by Crippen LogP contribution is -2.47. The van der Waals surface area contributed by atoms with Crippen LogP contribution in [0.5, 0.6) is 5.75 Å². The van der Waals surface area contributed by atoms with E-state index >= 15 is 0 Å². The van der Waals surface area contributed by atoms with E-state index in [-0.39, 0.29) is 28.4 Å². The molecule has 29 heavy (non-hydrogen) atoms. The van der Waals surface area contributed by atoms with Gasteiger partial charge in [0.2, 0.25) is 5.91 Å². The SMILES string of the molecule is CC(=O)N1CCC[C@H]1C(=O)NS(=O)(=O)c1cc2c(cc1C)NC(=O)[C@H](C(C)C)O2. The van der Waals surface area contributed by atoms with Gasteiger partial charge in [-0.2, -0.15) is 0 Å². The van der Waals surface area contributed by atoms with Gasteiger partial charge in [-0.3, -0.25) is 14.4 Å². The highest BCUT2D eigenvalue weighted by molar-refractivity contribution is 7.90. The maximum atomic E-state index is 12.9. The van der Waals surface area contributed by atoms with Crippen LogP contribution < -0.4 is 14.8 Å². The summed E-state index contributed by atoms with van der Waals surface area (Å²) in [6.07, 6.45) is 0.313. The fourth-order valence-corrected chi connectivity index (χ4v) is 4.91. The summed E-state index contributed by atoms with van der Waals surface area (Å²) in [7, 11) is -4.19. The molecule has 0 aromatic heterocycles. The predicted molar refractivity (Wildman–Crippen MR) is 105 cm³/mol. The number of benzene rings is 1. The lowest BCUT2D eigenvalue weighted by Gasteiger charge is -2.29. The second-order valence-electron chi connectivity index (χ2n) is 7.73. The molecule has 2 atom stereocenters. The van der Waals surface area contributed by atoms with Gasteiger partial charge in [0.1, 0.15) is 11.8 Å². The van der Waals surface area contributed by atoms with Gasteiger partial charge in [0, 0.05) is 19.5 Å². The lowest BCUT2D eigenvalue weighted by molar-refractivity contribution is -0.136. The first-order valence-electron chi connectivity index (χ1n) is 9.47. The molecule has 1 aromatic rings. The predicted octanol–water partition coefficient (Wildman–Crippen LogP) is 1.17. The number of rotatable bonds is 4. The second kappa shape index (κ2) is 7.66. The number of carbonyl (C=O) groups is 3. The van der Waals surface area contributed by atoms with Gasteiger partial charge in [0.15, 0.2) is 6.10 Å². The number of ether oxygens (including phenoxy) is 1. The molecule has 1 fully saturated rings. The van der Waals surface area contributed by atoms with Crippen LogP contribution in [0.4, 0.5) is 5.69 Å². The highest BCUT2D eigenvalue weighted by Crippen LogP contribution is 2.35. The summed E-state index contributed by atoms with van der Waals surface area (Å²) in [6, 6.07) is 2.01. The van der Waals surface area contributed by atoms with Gasteiger partial charge in [-0.15, -0.1) is 0 Å². The van der Waals surface area contributed by atoms with Crippen molar-refractivity contribution in [3.05, 3.63) is 17.7 Å². The summed E-state index contributed by atoms with van der Waals surface area (Å²) in [5.74, 6) is -1.17. The summed E-state index contributed by atoms with van der Waals surface area (Å²) >= 11 is 0. The van der Waals surface area contributed by atoms with Gasteiger partial charge >= 0.3 is 0 Å². The van der Waals surface area contributed by atoms with Crippen LogP contribution in [-0.2, 0) is 24.4 Å². The van der Waals surface area contributed by atoms with Gasteiger partial charge in [0.05, 0.1) is 10.6 Å². The lowest BCUT2D eigenvalue weighted by atomic mass is 10.0. The Kier molecular flexibility index (Phi) is 5.57. The number of nitrogens with zero attached hydrogens (tertiary/aromatic N) is 1. The molecule has 0 aliphatic carbocycles. The van der Waals surface area contributed by atoms with Crippen LogP contribution in [0.3, 0.4) is 0 Å². The fraction of sp³-hybridized carbons (Fsp3) is 0.526. The summed E-state index contributed by atoms with van der Waals surface area (Å²) in [6.45, 7) is 6.99. The number of hydrogen-bond donors (Lipinski definition) is 2. The summed E-state index contributed by atoms with van der Waals surface area (Å²) in [5, 5.41) is 2.72. The normalized spacial score (nSPS) is 21.4. The van der Waals surface area contributed by atoms with E-state index in [0.717, 1.165) is 0 Å². The molecule has 1 saturated heterocycles. The topological polar surface area (TPSA) is 122 Å². The zero-order valence-corrected chi connectivity index (χ0v) is 17.6. The molecule has 1 aromatic carbocycles. The number of nitrogens with one attached hydrogen (secondary N) is 2. The maximum Gasteiger partial charge on any atom is 0.265 e. The third kappa shape index (κ3) is 4.07. The van der Waals surface area contributed by atoms with Crippen LogP contribution in [0.25, 0.3) is 0 Å². The minimum Gasteiger partial charge on any atom is -0.478 e. The van der Waals surface area contributed by atoms with Crippen LogP contribution in [0.1, 0.15) is 39.2 Å². The minimum atomic E-state index is -4.19. The average Bonchev–Trinajstić information content (AvgIpc) is 3.10. The molecule has 0 unspecified atom stereocenters. The highest BCUT2D eigenvalue weighted by atomic mass is 32.2. The molecule has 2 heterocycles. The Bertz CT molecular complexity index is 972. The van der Waals surface area contributed by atoms with Gasteiger partial charge < -0.3 is 15.0 Å². The largest absolute Gasteiger partial charge is 0.478 e. The molecule has 0 spiro atoms. The van der Waals surface area contributed by atoms with E-state index in [2.05, 4.69) is 10.0 Å². The first kappa shape index (κ1) is 21.1. The Hall–Kier alpha value is -2.62. The Labute approximate surface area is 169 Å². The number of carbonyl (C=O) groups excluding carboxylic acids is 3. The molecule has 0 bridgehead atoms. The molecule has 9 nitrogen and oxygen atoms in total. The van der Waals surface area contributed by atoms with Crippen LogP contribution in [-0.4, -0.2) is 49.7 Å². The number of likely N-dealkylation sites (tertiary alicyclic amines) is 1. The van der Waals surface area contributed by atoms with Crippen molar-refractivity contribution < 1.29 is 27.5 Å². The van der Waals surface area contributed by atoms with E-state index in [1.807, 2.05) is 13.8 Å². The first-order valence-corrected chi connectivity index (χ1v) is 11.0. The summed E-state index contributed by atoms with van der Waals surface area (Å²) in [5.41, 5.74) is 0.735. The van der Waals surface area contributed by atoms with Gasteiger partial charge in [-0.25, -0.2) is 13.1 Å². The first-order chi connectivity index (χ1) is 13.5. The van der Waals surface area contributed by atoms with Crippen molar-refractivity contribution in [1.82, 2.24) is 9.62 Å². The van der Waals surface area contributed by atoms with Crippen molar-refractivity contribution in [1.29, 1.82) is 0 Å². The van der Waals surface area contributed by atoms with Crippen molar-refractivity contribution in [2.75, 3.05) is 11.9 Å². The van der Waals surface area contributed by atoms with E-state index in [1.165, 1.54) is 24.0 Å². The van der Waals surface area contributed by atoms with Crippen molar-refractivity contribution >= 4 is 33.4 Å². The molecule has 2 aliphatic rings.